The van der Waals surface area contributed by atoms with Gasteiger partial charge >= 0.3 is 6.18 Å². The molecule has 0 N–H and O–H groups in total. The normalized spacial score (nSPS) is 11.7. The lowest BCUT2D eigenvalue weighted by Gasteiger charge is -2.21. The predicted molar refractivity (Wildman–Crippen MR) is 271 cm³/mol. The molecule has 328 valence electrons. The van der Waals surface area contributed by atoms with Gasteiger partial charge in [0.25, 0.3) is 0 Å². The molecule has 0 fully saturated rings. The molecule has 0 unspecified atom stereocenters. The lowest BCUT2D eigenvalue weighted by atomic mass is 9.91. The number of fused-ring (bicyclic) bond motifs is 3. The number of benzene rings is 9. The number of hydrogen-bond acceptors (Lipinski definition) is 3. The maximum absolute atomic E-state index is 14.3. The summed E-state index contributed by atoms with van der Waals surface area (Å²) < 4.78 is 45.1. The Hall–Kier alpha value is -8.42. The van der Waals surface area contributed by atoms with Crippen molar-refractivity contribution < 1.29 is 13.2 Å². The van der Waals surface area contributed by atoms with E-state index in [9.17, 15) is 13.2 Å². The van der Waals surface area contributed by atoms with E-state index < -0.39 is 11.7 Å². The van der Waals surface area contributed by atoms with Crippen molar-refractivity contribution in [1.29, 1.82) is 0 Å². The second-order valence-corrected chi connectivity index (χ2v) is 17.4. The van der Waals surface area contributed by atoms with Crippen LogP contribution in [0.5, 0.6) is 0 Å². The molecule has 2 heterocycles. The minimum absolute atomic E-state index is 0.429. The smallest absolute Gasteiger partial charge is 0.308 e. The van der Waals surface area contributed by atoms with Crippen LogP contribution >= 0.6 is 0 Å². The Labute approximate surface area is 392 Å². The first-order valence-electron chi connectivity index (χ1n) is 22.6. The minimum Gasteiger partial charge on any atom is -0.308 e. The van der Waals surface area contributed by atoms with Gasteiger partial charge < -0.3 is 4.57 Å². The quantitative estimate of drug-likeness (QED) is 0.153. The summed E-state index contributed by atoms with van der Waals surface area (Å²) in [6.45, 7) is 6.23. The highest BCUT2D eigenvalue weighted by atomic mass is 19.4. The molecule has 0 aliphatic heterocycles. The van der Waals surface area contributed by atoms with Gasteiger partial charge in [-0.15, -0.1) is 0 Å². The van der Waals surface area contributed by atoms with E-state index in [2.05, 4.69) is 141 Å². The van der Waals surface area contributed by atoms with Crippen LogP contribution in [0.4, 0.5) is 13.2 Å². The van der Waals surface area contributed by atoms with E-state index in [0.29, 0.717) is 34.2 Å². The van der Waals surface area contributed by atoms with Crippen LogP contribution in [0.1, 0.15) is 22.3 Å². The van der Waals surface area contributed by atoms with Crippen molar-refractivity contribution in [2.75, 3.05) is 0 Å². The molecule has 0 spiro atoms. The SMILES string of the molecule is Cc1ccc(-c2ccc3c(c2)c2cc(-c4ccc(C)cc4)ccc2n3-c2c(-c3ccc(C)cc3)cc(-c3nc(-c4ccccc4)nc(-c4ccccc4)n3)cc2-c2ccc(C(F)(F)F)cc2)cc1. The van der Waals surface area contributed by atoms with E-state index >= 15 is 0 Å². The maximum Gasteiger partial charge on any atom is 0.416 e. The van der Waals surface area contributed by atoms with E-state index in [1.54, 1.807) is 12.1 Å². The largest absolute Gasteiger partial charge is 0.416 e. The average Bonchev–Trinajstić information content (AvgIpc) is 3.69. The molecule has 11 rings (SSSR count). The fourth-order valence-electron chi connectivity index (χ4n) is 9.07. The Morgan fingerprint density at radius 3 is 1.09 bits per heavy atom. The van der Waals surface area contributed by atoms with E-state index in [1.807, 2.05) is 66.7 Å². The molecule has 0 radical (unpaired) electrons. The summed E-state index contributed by atoms with van der Waals surface area (Å²) in [7, 11) is 0. The summed E-state index contributed by atoms with van der Waals surface area (Å²) in [6.07, 6.45) is -4.51. The molecule has 0 atom stereocenters. The highest BCUT2D eigenvalue weighted by molar-refractivity contribution is 6.13. The van der Waals surface area contributed by atoms with Crippen LogP contribution in [-0.2, 0) is 6.18 Å². The third-order valence-electron chi connectivity index (χ3n) is 12.7. The van der Waals surface area contributed by atoms with Crippen LogP contribution in [0.3, 0.4) is 0 Å². The molecular weight excluding hydrogens is 846 g/mol. The molecule has 4 nitrogen and oxygen atoms in total. The van der Waals surface area contributed by atoms with Gasteiger partial charge in [-0.2, -0.15) is 13.2 Å². The van der Waals surface area contributed by atoms with Crippen LogP contribution in [0.25, 0.3) is 106 Å². The Balaban J connectivity index is 1.25. The third-order valence-corrected chi connectivity index (χ3v) is 12.7. The van der Waals surface area contributed by atoms with E-state index in [4.69, 9.17) is 15.0 Å². The summed E-state index contributed by atoms with van der Waals surface area (Å²) in [5.74, 6) is 1.43. The van der Waals surface area contributed by atoms with Crippen molar-refractivity contribution in [2.24, 2.45) is 0 Å². The zero-order valence-corrected chi connectivity index (χ0v) is 37.6. The monoisotopic (exact) mass is 888 g/mol. The number of aryl methyl sites for hydroxylation is 3. The molecule has 9 aromatic carbocycles. The molecule has 0 saturated carbocycles. The fourth-order valence-corrected chi connectivity index (χ4v) is 9.07. The van der Waals surface area contributed by atoms with Crippen molar-refractivity contribution in [2.45, 2.75) is 26.9 Å². The van der Waals surface area contributed by atoms with Gasteiger partial charge in [-0.3, -0.25) is 0 Å². The van der Waals surface area contributed by atoms with Crippen molar-refractivity contribution in [3.63, 3.8) is 0 Å². The first-order chi connectivity index (χ1) is 33.0. The van der Waals surface area contributed by atoms with E-state index in [0.717, 1.165) is 89.7 Å². The first-order valence-corrected chi connectivity index (χ1v) is 22.6. The van der Waals surface area contributed by atoms with Crippen molar-refractivity contribution in [3.05, 3.63) is 229 Å². The van der Waals surface area contributed by atoms with Gasteiger partial charge in [0.1, 0.15) is 0 Å². The van der Waals surface area contributed by atoms with Crippen LogP contribution in [-0.4, -0.2) is 19.5 Å². The highest BCUT2D eigenvalue weighted by Gasteiger charge is 2.31. The standard InChI is InChI=1S/C61H43F3N4/c1-38-14-20-41(21-15-38)47-28-32-55-53(34-47)54-35-48(42-22-16-39(2)17-23-42)29-33-56(54)68(55)57-51(43-24-18-40(3)19-25-43)36-49(37-52(57)44-26-30-50(31-27-44)61(62,63)64)60-66-58(45-10-6-4-7-11-45)65-59(67-60)46-12-8-5-9-13-46/h4-37H,1-3H3. The van der Waals surface area contributed by atoms with Crippen LogP contribution in [0.15, 0.2) is 206 Å². The topological polar surface area (TPSA) is 43.6 Å². The zero-order valence-electron chi connectivity index (χ0n) is 37.6. The molecule has 0 aliphatic carbocycles. The Kier molecular flexibility index (Phi) is 10.6. The van der Waals surface area contributed by atoms with E-state index in [-0.39, 0.29) is 0 Å². The summed E-state index contributed by atoms with van der Waals surface area (Å²) in [5, 5.41) is 2.09. The number of halogens is 3. The highest BCUT2D eigenvalue weighted by Crippen LogP contribution is 2.46. The zero-order chi connectivity index (χ0) is 46.5. The molecule has 2 aromatic heterocycles. The van der Waals surface area contributed by atoms with Gasteiger partial charge in [-0.1, -0.05) is 174 Å². The maximum atomic E-state index is 14.3. The van der Waals surface area contributed by atoms with Crippen molar-refractivity contribution in [3.8, 4) is 84.4 Å². The molecular formula is C61H43F3N4. The molecule has 0 bridgehead atoms. The lowest BCUT2D eigenvalue weighted by Crippen LogP contribution is -2.05. The Bertz CT molecular complexity index is 3480. The minimum atomic E-state index is -4.51. The molecule has 0 amide bonds. The number of aromatic nitrogens is 4. The second kappa shape index (κ2) is 17.1. The van der Waals surface area contributed by atoms with Gasteiger partial charge in [0.05, 0.1) is 22.3 Å². The second-order valence-electron chi connectivity index (χ2n) is 17.4. The van der Waals surface area contributed by atoms with Gasteiger partial charge in [-0.25, -0.2) is 15.0 Å². The number of rotatable bonds is 8. The van der Waals surface area contributed by atoms with Crippen LogP contribution < -0.4 is 0 Å². The average molecular weight is 889 g/mol. The lowest BCUT2D eigenvalue weighted by molar-refractivity contribution is -0.137. The summed E-state index contributed by atoms with van der Waals surface area (Å²) >= 11 is 0. The van der Waals surface area contributed by atoms with Crippen molar-refractivity contribution in [1.82, 2.24) is 19.5 Å². The van der Waals surface area contributed by atoms with Gasteiger partial charge in [0, 0.05) is 38.6 Å². The fraction of sp³-hybridized carbons (Fsp3) is 0.0656. The number of nitrogens with zero attached hydrogens (tertiary/aromatic N) is 4. The molecule has 0 aliphatic rings. The third kappa shape index (κ3) is 8.02. The molecule has 0 saturated heterocycles. The molecule has 11 aromatic rings. The summed E-state index contributed by atoms with van der Waals surface area (Å²) in [5.41, 5.74) is 15.2. The van der Waals surface area contributed by atoms with E-state index in [1.165, 1.54) is 11.1 Å². The number of hydrogen-bond donors (Lipinski definition) is 0. The summed E-state index contributed by atoms with van der Waals surface area (Å²) in [4.78, 5) is 15.2. The van der Waals surface area contributed by atoms with Crippen molar-refractivity contribution >= 4 is 21.8 Å². The molecule has 7 heteroatoms. The first kappa shape index (κ1) is 42.2. The van der Waals surface area contributed by atoms with Crippen LogP contribution in [0.2, 0.25) is 0 Å². The molecule has 68 heavy (non-hydrogen) atoms. The Morgan fingerprint density at radius 1 is 0.338 bits per heavy atom. The van der Waals surface area contributed by atoms with Crippen LogP contribution in [0, 0.1) is 20.8 Å². The number of alkyl halides is 3. The van der Waals surface area contributed by atoms with Gasteiger partial charge in [0.15, 0.2) is 17.5 Å². The Morgan fingerprint density at radius 2 is 0.691 bits per heavy atom. The summed E-state index contributed by atoms with van der Waals surface area (Å²) in [6, 6.07) is 67.9. The predicted octanol–water partition coefficient (Wildman–Crippen LogP) is 16.6. The van der Waals surface area contributed by atoms with Gasteiger partial charge in [-0.05, 0) is 103 Å². The van der Waals surface area contributed by atoms with Gasteiger partial charge in [0.2, 0.25) is 0 Å².